The highest BCUT2D eigenvalue weighted by Crippen LogP contribution is 2.54. The molecule has 3 heterocycles. The van der Waals surface area contributed by atoms with E-state index in [1.807, 2.05) is 17.4 Å². The molecule has 0 aliphatic rings. The van der Waals surface area contributed by atoms with Gasteiger partial charge in [-0.1, -0.05) is 146 Å². The lowest BCUT2D eigenvalue weighted by atomic mass is 9.95. The summed E-state index contributed by atoms with van der Waals surface area (Å²) >= 11 is 1.84. The first-order chi connectivity index (χ1) is 28.8. The molecule has 0 fully saturated rings. The Morgan fingerprint density at radius 1 is 0.345 bits per heavy atom. The van der Waals surface area contributed by atoms with Crippen LogP contribution in [0, 0.1) is 0 Å². The first kappa shape index (κ1) is 32.8. The number of anilines is 3. The van der Waals surface area contributed by atoms with Crippen LogP contribution in [0.15, 0.2) is 209 Å². The molecule has 0 unspecified atom stereocenters. The summed E-state index contributed by atoms with van der Waals surface area (Å²) in [5.74, 6) is 0. The van der Waals surface area contributed by atoms with Gasteiger partial charge in [0.15, 0.2) is 0 Å². The number of para-hydroxylation sites is 1. The molecule has 0 saturated carbocycles. The van der Waals surface area contributed by atoms with Crippen LogP contribution in [-0.2, 0) is 0 Å². The summed E-state index contributed by atoms with van der Waals surface area (Å²) in [7, 11) is 0. The first-order valence-electron chi connectivity index (χ1n) is 19.6. The Balaban J connectivity index is 1.27. The predicted molar refractivity (Wildman–Crippen MR) is 245 cm³/mol. The summed E-state index contributed by atoms with van der Waals surface area (Å²) in [5.41, 5.74) is 13.3. The van der Waals surface area contributed by atoms with Crippen LogP contribution in [0.5, 0.6) is 0 Å². The van der Waals surface area contributed by atoms with Crippen molar-refractivity contribution in [3.8, 4) is 33.4 Å². The van der Waals surface area contributed by atoms with E-state index in [0.717, 1.165) is 94.3 Å². The summed E-state index contributed by atoms with van der Waals surface area (Å²) in [6, 6.07) is 71.3. The Morgan fingerprint density at radius 2 is 0.966 bits per heavy atom. The van der Waals surface area contributed by atoms with Crippen molar-refractivity contribution in [2.24, 2.45) is 0 Å². The molecule has 0 amide bonds. The molecule has 4 heteroatoms. The third kappa shape index (κ3) is 5.05. The van der Waals surface area contributed by atoms with E-state index in [2.05, 4.69) is 199 Å². The van der Waals surface area contributed by atoms with E-state index in [-0.39, 0.29) is 0 Å². The molecule has 12 aromatic rings. The number of hydrogen-bond acceptors (Lipinski definition) is 4. The number of rotatable bonds is 6. The van der Waals surface area contributed by atoms with E-state index >= 15 is 0 Å². The maximum absolute atomic E-state index is 7.12. The highest BCUT2D eigenvalue weighted by atomic mass is 32.1. The van der Waals surface area contributed by atoms with Crippen molar-refractivity contribution in [3.05, 3.63) is 200 Å². The minimum atomic E-state index is 0.842. The number of fused-ring (bicyclic) bond motifs is 9. The predicted octanol–water partition coefficient (Wildman–Crippen LogP) is 16.3. The standard InChI is InChI=1S/C54H33NO2S/c1-4-15-34(16-5-1)37-27-28-41-47(33-37)57-54-39(36-19-8-3-9-20-36)29-31-44(51(41)54)55(43-23-14-25-46-50(43)40-21-10-12-24-45(40)56-46)53-38(35-17-6-2-7-18-35)30-32-49-52(53)42-22-11-13-26-48(42)58-49/h1-33H. The molecule has 0 aliphatic heterocycles. The third-order valence-corrected chi connectivity index (χ3v) is 12.6. The van der Waals surface area contributed by atoms with Crippen LogP contribution in [0.4, 0.5) is 17.1 Å². The molecule has 0 spiro atoms. The minimum Gasteiger partial charge on any atom is -0.456 e. The maximum atomic E-state index is 7.12. The van der Waals surface area contributed by atoms with E-state index in [0.29, 0.717) is 0 Å². The lowest BCUT2D eigenvalue weighted by Crippen LogP contribution is -2.12. The Bertz CT molecular complexity index is 3510. The summed E-state index contributed by atoms with van der Waals surface area (Å²) in [6.07, 6.45) is 0. The van der Waals surface area contributed by atoms with E-state index in [1.165, 1.54) is 20.2 Å². The molecule has 272 valence electrons. The molecular weight excluding hydrogens is 727 g/mol. The topological polar surface area (TPSA) is 29.5 Å². The van der Waals surface area contributed by atoms with Gasteiger partial charge in [-0.05, 0) is 76.9 Å². The number of benzene rings is 9. The van der Waals surface area contributed by atoms with Crippen molar-refractivity contribution < 1.29 is 8.83 Å². The smallest absolute Gasteiger partial charge is 0.145 e. The minimum absolute atomic E-state index is 0.842. The normalized spacial score (nSPS) is 11.8. The van der Waals surface area contributed by atoms with Crippen LogP contribution >= 0.6 is 11.3 Å². The van der Waals surface area contributed by atoms with Crippen molar-refractivity contribution in [2.45, 2.75) is 0 Å². The van der Waals surface area contributed by atoms with Gasteiger partial charge < -0.3 is 13.7 Å². The summed E-state index contributed by atoms with van der Waals surface area (Å²) < 4.78 is 16.2. The van der Waals surface area contributed by atoms with Gasteiger partial charge in [0.05, 0.1) is 27.8 Å². The van der Waals surface area contributed by atoms with E-state index < -0.39 is 0 Å². The molecule has 0 saturated heterocycles. The number of nitrogens with zero attached hydrogens (tertiary/aromatic N) is 1. The van der Waals surface area contributed by atoms with Gasteiger partial charge in [-0.3, -0.25) is 0 Å². The lowest BCUT2D eigenvalue weighted by Gasteiger charge is -2.30. The van der Waals surface area contributed by atoms with Gasteiger partial charge in [0, 0.05) is 42.1 Å². The third-order valence-electron chi connectivity index (χ3n) is 11.5. The van der Waals surface area contributed by atoms with Gasteiger partial charge in [-0.15, -0.1) is 11.3 Å². The van der Waals surface area contributed by atoms with Crippen molar-refractivity contribution >= 4 is 92.4 Å². The summed E-state index contributed by atoms with van der Waals surface area (Å²) in [4.78, 5) is 2.51. The van der Waals surface area contributed by atoms with Crippen LogP contribution in [0.25, 0.3) is 97.4 Å². The van der Waals surface area contributed by atoms with Crippen molar-refractivity contribution in [3.63, 3.8) is 0 Å². The Hall–Kier alpha value is -7.40. The molecule has 0 radical (unpaired) electrons. The van der Waals surface area contributed by atoms with E-state index in [9.17, 15) is 0 Å². The highest BCUT2D eigenvalue weighted by molar-refractivity contribution is 7.26. The summed E-state index contributed by atoms with van der Waals surface area (Å²) in [6.45, 7) is 0. The Labute approximate surface area is 338 Å². The number of hydrogen-bond donors (Lipinski definition) is 0. The fourth-order valence-corrected chi connectivity index (χ4v) is 10.0. The van der Waals surface area contributed by atoms with Gasteiger partial charge in [0.1, 0.15) is 22.3 Å². The average molecular weight is 760 g/mol. The monoisotopic (exact) mass is 759 g/mol. The zero-order chi connectivity index (χ0) is 38.2. The summed E-state index contributed by atoms with van der Waals surface area (Å²) in [5, 5.41) is 6.69. The highest BCUT2D eigenvalue weighted by Gasteiger charge is 2.29. The van der Waals surface area contributed by atoms with Crippen molar-refractivity contribution in [2.75, 3.05) is 4.90 Å². The average Bonchev–Trinajstić information content (AvgIpc) is 3.99. The fraction of sp³-hybridized carbons (Fsp3) is 0. The van der Waals surface area contributed by atoms with Gasteiger partial charge in [-0.25, -0.2) is 0 Å². The zero-order valence-corrected chi connectivity index (χ0v) is 32.0. The van der Waals surface area contributed by atoms with Gasteiger partial charge >= 0.3 is 0 Å². The fourth-order valence-electron chi connectivity index (χ4n) is 8.90. The van der Waals surface area contributed by atoms with Crippen molar-refractivity contribution in [1.29, 1.82) is 0 Å². The first-order valence-corrected chi connectivity index (χ1v) is 20.4. The SMILES string of the molecule is c1ccc(-c2ccc3c(c2)oc2c(-c4ccccc4)ccc(N(c4cccc5oc6ccccc6c45)c4c(-c5ccccc5)ccc5sc6ccccc6c45)c23)cc1. The molecular formula is C54H33NO2S. The van der Waals surface area contributed by atoms with E-state index in [4.69, 9.17) is 8.83 Å². The molecule has 0 bridgehead atoms. The molecule has 0 aliphatic carbocycles. The Kier molecular flexibility index (Phi) is 7.40. The second-order valence-corrected chi connectivity index (χ2v) is 15.8. The molecule has 0 atom stereocenters. The number of thiophene rings is 1. The molecule has 9 aromatic carbocycles. The van der Waals surface area contributed by atoms with Gasteiger partial charge in [0.25, 0.3) is 0 Å². The molecule has 3 nitrogen and oxygen atoms in total. The molecule has 0 N–H and O–H groups in total. The van der Waals surface area contributed by atoms with Crippen LogP contribution < -0.4 is 4.90 Å². The second-order valence-electron chi connectivity index (χ2n) is 14.8. The van der Waals surface area contributed by atoms with Crippen molar-refractivity contribution in [1.82, 2.24) is 0 Å². The zero-order valence-electron chi connectivity index (χ0n) is 31.2. The lowest BCUT2D eigenvalue weighted by molar-refractivity contribution is 0.669. The largest absolute Gasteiger partial charge is 0.456 e. The van der Waals surface area contributed by atoms with Crippen LogP contribution in [0.3, 0.4) is 0 Å². The second kappa shape index (κ2) is 13.1. The van der Waals surface area contributed by atoms with Gasteiger partial charge in [0.2, 0.25) is 0 Å². The van der Waals surface area contributed by atoms with Crippen LogP contribution in [-0.4, -0.2) is 0 Å². The quantitative estimate of drug-likeness (QED) is 0.169. The molecule has 58 heavy (non-hydrogen) atoms. The van der Waals surface area contributed by atoms with Gasteiger partial charge in [-0.2, -0.15) is 0 Å². The molecule has 3 aromatic heterocycles. The number of furan rings is 2. The molecule has 12 rings (SSSR count). The van der Waals surface area contributed by atoms with E-state index in [1.54, 1.807) is 0 Å². The van der Waals surface area contributed by atoms with Crippen LogP contribution in [0.1, 0.15) is 0 Å². The van der Waals surface area contributed by atoms with Crippen LogP contribution in [0.2, 0.25) is 0 Å². The Morgan fingerprint density at radius 3 is 1.76 bits per heavy atom. The maximum Gasteiger partial charge on any atom is 0.145 e.